The van der Waals surface area contributed by atoms with Crippen LogP contribution in [0.4, 0.5) is 4.39 Å². The van der Waals surface area contributed by atoms with Gasteiger partial charge in [0.1, 0.15) is 10.3 Å². The van der Waals surface area contributed by atoms with E-state index in [1.165, 1.54) is 12.3 Å². The van der Waals surface area contributed by atoms with Crippen molar-refractivity contribution in [3.8, 4) is 5.88 Å². The number of rotatable bonds is 5. The molecule has 0 aliphatic carbocycles. The van der Waals surface area contributed by atoms with E-state index >= 15 is 0 Å². The molecule has 0 unspecified atom stereocenters. The molecule has 0 N–H and O–H groups in total. The van der Waals surface area contributed by atoms with Crippen LogP contribution in [0.1, 0.15) is 13.3 Å². The predicted octanol–water partition coefficient (Wildman–Crippen LogP) is 2.75. The van der Waals surface area contributed by atoms with Gasteiger partial charge in [-0.2, -0.15) is 0 Å². The largest absolute Gasteiger partial charge is 0.450 e. The molecule has 14 heavy (non-hydrogen) atoms. The molecule has 0 aliphatic heterocycles. The minimum absolute atomic E-state index is 0.0862. The Kier molecular flexibility index (Phi) is 4.82. The van der Waals surface area contributed by atoms with Crippen molar-refractivity contribution in [2.75, 3.05) is 13.4 Å². The van der Waals surface area contributed by atoms with E-state index in [1.807, 2.05) is 6.92 Å². The molecule has 1 rings (SSSR count). The molecule has 1 aromatic rings. The third-order valence-electron chi connectivity index (χ3n) is 1.44. The molecular weight excluding hydrogens is 253 g/mol. The monoisotopic (exact) mass is 263 g/mol. The molecule has 0 saturated heterocycles. The molecule has 0 spiro atoms. The van der Waals surface area contributed by atoms with Crippen LogP contribution in [-0.2, 0) is 4.74 Å². The highest BCUT2D eigenvalue weighted by atomic mass is 79.9. The van der Waals surface area contributed by atoms with Crippen molar-refractivity contribution in [1.82, 2.24) is 4.98 Å². The molecule has 0 fully saturated rings. The summed E-state index contributed by atoms with van der Waals surface area (Å²) in [5, 5.41) is 0. The van der Waals surface area contributed by atoms with Gasteiger partial charge in [0.2, 0.25) is 5.88 Å². The van der Waals surface area contributed by atoms with E-state index in [2.05, 4.69) is 20.9 Å². The topological polar surface area (TPSA) is 31.4 Å². The summed E-state index contributed by atoms with van der Waals surface area (Å²) >= 11 is 3.03. The lowest BCUT2D eigenvalue weighted by Crippen LogP contribution is -2.05. The summed E-state index contributed by atoms with van der Waals surface area (Å²) in [6, 6.07) is 1.25. The molecule has 3 nitrogen and oxygen atoms in total. The third-order valence-corrected chi connectivity index (χ3v) is 2.16. The van der Waals surface area contributed by atoms with E-state index in [-0.39, 0.29) is 17.1 Å². The number of ether oxygens (including phenoxy) is 2. The summed E-state index contributed by atoms with van der Waals surface area (Å²) in [6.45, 7) is 2.70. The van der Waals surface area contributed by atoms with Crippen LogP contribution in [0, 0.1) is 5.82 Å². The SMILES string of the molecule is CCCOCOc1nccc(F)c1Br. The number of hydrogen-bond donors (Lipinski definition) is 0. The van der Waals surface area contributed by atoms with Gasteiger partial charge in [0.15, 0.2) is 6.79 Å². The van der Waals surface area contributed by atoms with Crippen molar-refractivity contribution < 1.29 is 13.9 Å². The first-order valence-electron chi connectivity index (χ1n) is 4.26. The van der Waals surface area contributed by atoms with Crippen molar-refractivity contribution >= 4 is 15.9 Å². The number of hydrogen-bond acceptors (Lipinski definition) is 3. The highest BCUT2D eigenvalue weighted by molar-refractivity contribution is 9.10. The van der Waals surface area contributed by atoms with Gasteiger partial charge >= 0.3 is 0 Å². The van der Waals surface area contributed by atoms with E-state index in [1.54, 1.807) is 0 Å². The zero-order valence-electron chi connectivity index (χ0n) is 7.80. The Morgan fingerprint density at radius 2 is 2.36 bits per heavy atom. The molecule has 78 valence electrons. The first kappa shape index (κ1) is 11.4. The van der Waals surface area contributed by atoms with Crippen molar-refractivity contribution in [3.63, 3.8) is 0 Å². The maximum absolute atomic E-state index is 12.9. The summed E-state index contributed by atoms with van der Waals surface area (Å²) in [5.74, 6) is -0.188. The quantitative estimate of drug-likeness (QED) is 0.605. The fraction of sp³-hybridized carbons (Fsp3) is 0.444. The lowest BCUT2D eigenvalue weighted by molar-refractivity contribution is 0.0124. The molecule has 0 aliphatic rings. The first-order chi connectivity index (χ1) is 6.75. The number of aromatic nitrogens is 1. The standard InChI is InChI=1S/C9H11BrFNO2/c1-2-5-13-6-14-9-8(10)7(11)3-4-12-9/h3-4H,2,5-6H2,1H3. The lowest BCUT2D eigenvalue weighted by atomic mass is 10.5. The molecule has 0 saturated carbocycles. The van der Waals surface area contributed by atoms with Crippen LogP contribution in [0.3, 0.4) is 0 Å². The third kappa shape index (κ3) is 3.23. The molecule has 1 aromatic heterocycles. The highest BCUT2D eigenvalue weighted by Gasteiger charge is 2.07. The Morgan fingerprint density at radius 3 is 3.07 bits per heavy atom. The van der Waals surface area contributed by atoms with Gasteiger partial charge in [-0.05, 0) is 28.4 Å². The Balaban J connectivity index is 2.46. The van der Waals surface area contributed by atoms with Crippen molar-refractivity contribution in [2.45, 2.75) is 13.3 Å². The summed E-state index contributed by atoms with van der Waals surface area (Å²) < 4.78 is 23.3. The molecule has 1 heterocycles. The van der Waals surface area contributed by atoms with Gasteiger partial charge in [0, 0.05) is 6.20 Å². The zero-order valence-corrected chi connectivity index (χ0v) is 9.38. The molecule has 0 atom stereocenters. The molecular formula is C9H11BrFNO2. The van der Waals surface area contributed by atoms with Crippen LogP contribution in [0.2, 0.25) is 0 Å². The molecule has 5 heteroatoms. The Labute approximate surface area is 90.4 Å². The fourth-order valence-corrected chi connectivity index (χ4v) is 1.15. The second-order valence-electron chi connectivity index (χ2n) is 2.58. The van der Waals surface area contributed by atoms with Crippen LogP contribution in [0.15, 0.2) is 16.7 Å². The molecule has 0 aromatic carbocycles. The van der Waals surface area contributed by atoms with Crippen LogP contribution < -0.4 is 4.74 Å². The number of halogens is 2. The Hall–Kier alpha value is -0.680. The molecule has 0 bridgehead atoms. The zero-order chi connectivity index (χ0) is 10.4. The van der Waals surface area contributed by atoms with Gasteiger partial charge in [-0.1, -0.05) is 6.92 Å². The maximum atomic E-state index is 12.9. The lowest BCUT2D eigenvalue weighted by Gasteiger charge is -2.06. The number of nitrogens with zero attached hydrogens (tertiary/aromatic N) is 1. The van der Waals surface area contributed by atoms with Gasteiger partial charge < -0.3 is 9.47 Å². The predicted molar refractivity (Wildman–Crippen MR) is 53.6 cm³/mol. The van der Waals surface area contributed by atoms with Crippen LogP contribution >= 0.6 is 15.9 Å². The minimum atomic E-state index is -0.398. The summed E-state index contributed by atoms with van der Waals surface area (Å²) in [5.41, 5.74) is 0. The van der Waals surface area contributed by atoms with E-state index in [0.29, 0.717) is 6.61 Å². The maximum Gasteiger partial charge on any atom is 0.233 e. The summed E-state index contributed by atoms with van der Waals surface area (Å²) in [6.07, 6.45) is 2.26. The van der Waals surface area contributed by atoms with Crippen LogP contribution in [0.5, 0.6) is 5.88 Å². The van der Waals surface area contributed by atoms with Gasteiger partial charge in [-0.3, -0.25) is 0 Å². The van der Waals surface area contributed by atoms with Crippen LogP contribution in [-0.4, -0.2) is 18.4 Å². The van der Waals surface area contributed by atoms with Gasteiger partial charge in [0.05, 0.1) is 6.61 Å². The average molecular weight is 264 g/mol. The van der Waals surface area contributed by atoms with Crippen molar-refractivity contribution in [2.24, 2.45) is 0 Å². The van der Waals surface area contributed by atoms with E-state index < -0.39 is 5.82 Å². The van der Waals surface area contributed by atoms with E-state index in [0.717, 1.165) is 6.42 Å². The minimum Gasteiger partial charge on any atom is -0.450 e. The average Bonchev–Trinajstić information content (AvgIpc) is 2.19. The molecule has 0 radical (unpaired) electrons. The summed E-state index contributed by atoms with van der Waals surface area (Å²) in [4.78, 5) is 3.85. The van der Waals surface area contributed by atoms with Crippen LogP contribution in [0.25, 0.3) is 0 Å². The fourth-order valence-electron chi connectivity index (χ4n) is 0.804. The first-order valence-corrected chi connectivity index (χ1v) is 5.05. The summed E-state index contributed by atoms with van der Waals surface area (Å²) in [7, 11) is 0. The van der Waals surface area contributed by atoms with Gasteiger partial charge in [-0.15, -0.1) is 0 Å². The molecule has 0 amide bonds. The normalized spacial score (nSPS) is 10.2. The van der Waals surface area contributed by atoms with Gasteiger partial charge in [0.25, 0.3) is 0 Å². The van der Waals surface area contributed by atoms with Crippen molar-refractivity contribution in [3.05, 3.63) is 22.6 Å². The van der Waals surface area contributed by atoms with Gasteiger partial charge in [-0.25, -0.2) is 9.37 Å². The van der Waals surface area contributed by atoms with E-state index in [4.69, 9.17) is 9.47 Å². The van der Waals surface area contributed by atoms with Crippen molar-refractivity contribution in [1.29, 1.82) is 0 Å². The Morgan fingerprint density at radius 1 is 1.57 bits per heavy atom. The second-order valence-corrected chi connectivity index (χ2v) is 3.38. The number of pyridine rings is 1. The Bertz CT molecular complexity index is 296. The van der Waals surface area contributed by atoms with E-state index in [9.17, 15) is 4.39 Å². The highest BCUT2D eigenvalue weighted by Crippen LogP contribution is 2.24. The smallest absolute Gasteiger partial charge is 0.233 e. The second kappa shape index (κ2) is 5.93.